The van der Waals surface area contributed by atoms with Crippen molar-refractivity contribution in [2.24, 2.45) is 5.73 Å². The summed E-state index contributed by atoms with van der Waals surface area (Å²) in [5, 5.41) is 0.667. The van der Waals surface area contributed by atoms with Crippen molar-refractivity contribution < 1.29 is 4.79 Å². The quantitative estimate of drug-likeness (QED) is 0.893. The molecule has 1 amide bonds. The molecule has 1 aromatic carbocycles. The van der Waals surface area contributed by atoms with Crippen molar-refractivity contribution in [3.05, 3.63) is 34.9 Å². The van der Waals surface area contributed by atoms with Gasteiger partial charge >= 0.3 is 0 Å². The van der Waals surface area contributed by atoms with Crippen LogP contribution in [-0.2, 0) is 4.79 Å². The smallest absolute Gasteiger partial charge is 0.239 e. The SMILES string of the molecule is CN1CCN(C(C(N)=O)c2ccc(Cl)cc2)CC1. The molecule has 0 aromatic heterocycles. The summed E-state index contributed by atoms with van der Waals surface area (Å²) < 4.78 is 0. The van der Waals surface area contributed by atoms with Gasteiger partial charge in [0.1, 0.15) is 6.04 Å². The van der Waals surface area contributed by atoms with Gasteiger partial charge in [-0.2, -0.15) is 0 Å². The monoisotopic (exact) mass is 267 g/mol. The minimum atomic E-state index is -0.351. The Kier molecular flexibility index (Phi) is 4.22. The zero-order chi connectivity index (χ0) is 13.1. The van der Waals surface area contributed by atoms with E-state index in [1.54, 1.807) is 12.1 Å². The Morgan fingerprint density at radius 1 is 1.22 bits per heavy atom. The third-order valence-electron chi connectivity index (χ3n) is 3.36. The molecule has 1 atom stereocenters. The number of nitrogens with two attached hydrogens (primary N) is 1. The molecule has 1 saturated heterocycles. The van der Waals surface area contributed by atoms with Crippen molar-refractivity contribution >= 4 is 17.5 Å². The lowest BCUT2D eigenvalue weighted by Crippen LogP contribution is -2.49. The van der Waals surface area contributed by atoms with Gasteiger partial charge in [0.05, 0.1) is 0 Å². The molecule has 1 aliphatic rings. The van der Waals surface area contributed by atoms with E-state index in [1.807, 2.05) is 12.1 Å². The number of benzene rings is 1. The van der Waals surface area contributed by atoms with Gasteiger partial charge in [-0.3, -0.25) is 9.69 Å². The summed E-state index contributed by atoms with van der Waals surface area (Å²) in [6, 6.07) is 6.98. The highest BCUT2D eigenvalue weighted by Gasteiger charge is 2.27. The van der Waals surface area contributed by atoms with Crippen LogP contribution in [0.3, 0.4) is 0 Å². The largest absolute Gasteiger partial charge is 0.368 e. The van der Waals surface area contributed by atoms with E-state index in [2.05, 4.69) is 16.8 Å². The van der Waals surface area contributed by atoms with Gasteiger partial charge in [0.2, 0.25) is 5.91 Å². The van der Waals surface area contributed by atoms with Crippen LogP contribution in [0.1, 0.15) is 11.6 Å². The van der Waals surface area contributed by atoms with Crippen molar-refractivity contribution in [1.29, 1.82) is 0 Å². The molecule has 1 aromatic rings. The molecule has 2 rings (SSSR count). The third kappa shape index (κ3) is 3.02. The maximum atomic E-state index is 11.7. The minimum Gasteiger partial charge on any atom is -0.368 e. The number of nitrogens with zero attached hydrogens (tertiary/aromatic N) is 2. The second kappa shape index (κ2) is 5.69. The van der Waals surface area contributed by atoms with E-state index >= 15 is 0 Å². The first-order chi connectivity index (χ1) is 8.58. The lowest BCUT2D eigenvalue weighted by Gasteiger charge is -2.36. The van der Waals surface area contributed by atoms with Crippen LogP contribution in [-0.4, -0.2) is 48.9 Å². The average Bonchev–Trinajstić information content (AvgIpc) is 2.34. The van der Waals surface area contributed by atoms with E-state index in [4.69, 9.17) is 17.3 Å². The van der Waals surface area contributed by atoms with Crippen LogP contribution in [0, 0.1) is 0 Å². The van der Waals surface area contributed by atoms with Crippen molar-refractivity contribution in [3.63, 3.8) is 0 Å². The lowest BCUT2D eigenvalue weighted by atomic mass is 10.0. The van der Waals surface area contributed by atoms with Gasteiger partial charge in [-0.25, -0.2) is 0 Å². The number of rotatable bonds is 3. The Balaban J connectivity index is 2.18. The van der Waals surface area contributed by atoms with Gasteiger partial charge in [-0.1, -0.05) is 23.7 Å². The summed E-state index contributed by atoms with van der Waals surface area (Å²) in [5.41, 5.74) is 6.46. The lowest BCUT2D eigenvalue weighted by molar-refractivity contribution is -0.124. The molecule has 4 nitrogen and oxygen atoms in total. The first-order valence-corrected chi connectivity index (χ1v) is 6.43. The highest BCUT2D eigenvalue weighted by molar-refractivity contribution is 6.30. The molecule has 0 radical (unpaired) electrons. The first-order valence-electron chi connectivity index (χ1n) is 6.05. The molecule has 5 heteroatoms. The first kappa shape index (κ1) is 13.3. The number of carbonyl (C=O) groups excluding carboxylic acids is 1. The van der Waals surface area contributed by atoms with Crippen LogP contribution in [0.4, 0.5) is 0 Å². The molecule has 18 heavy (non-hydrogen) atoms. The normalized spacial score (nSPS) is 19.7. The van der Waals surface area contributed by atoms with Crippen LogP contribution in [0.5, 0.6) is 0 Å². The van der Waals surface area contributed by atoms with E-state index in [9.17, 15) is 4.79 Å². The van der Waals surface area contributed by atoms with Gasteiger partial charge in [0, 0.05) is 31.2 Å². The summed E-state index contributed by atoms with van der Waals surface area (Å²) in [6.07, 6.45) is 0. The van der Waals surface area contributed by atoms with Crippen molar-refractivity contribution in [3.8, 4) is 0 Å². The molecule has 0 saturated carbocycles. The summed E-state index contributed by atoms with van der Waals surface area (Å²) in [7, 11) is 2.08. The highest BCUT2D eigenvalue weighted by Crippen LogP contribution is 2.23. The fraction of sp³-hybridized carbons (Fsp3) is 0.462. The molecule has 0 aliphatic carbocycles. The van der Waals surface area contributed by atoms with E-state index in [0.717, 1.165) is 31.7 Å². The van der Waals surface area contributed by atoms with E-state index in [0.29, 0.717) is 5.02 Å². The van der Waals surface area contributed by atoms with Crippen molar-refractivity contribution in [2.75, 3.05) is 33.2 Å². The predicted octanol–water partition coefficient (Wildman–Crippen LogP) is 1.11. The van der Waals surface area contributed by atoms with Crippen LogP contribution in [0.15, 0.2) is 24.3 Å². The number of halogens is 1. The molecule has 1 heterocycles. The summed E-state index contributed by atoms with van der Waals surface area (Å²) in [6.45, 7) is 3.62. The molecular weight excluding hydrogens is 250 g/mol. The Labute approximate surface area is 112 Å². The third-order valence-corrected chi connectivity index (χ3v) is 3.61. The summed E-state index contributed by atoms with van der Waals surface area (Å²) in [5.74, 6) is -0.304. The zero-order valence-corrected chi connectivity index (χ0v) is 11.2. The number of likely N-dealkylation sites (N-methyl/N-ethyl adjacent to an activating group) is 1. The number of carbonyl (C=O) groups is 1. The fourth-order valence-electron chi connectivity index (χ4n) is 2.28. The zero-order valence-electron chi connectivity index (χ0n) is 10.5. The number of amides is 1. The van der Waals surface area contributed by atoms with E-state index in [-0.39, 0.29) is 11.9 Å². The van der Waals surface area contributed by atoms with Gasteiger partial charge in [-0.05, 0) is 24.7 Å². The molecule has 0 spiro atoms. The minimum absolute atomic E-state index is 0.304. The van der Waals surface area contributed by atoms with Crippen molar-refractivity contribution in [2.45, 2.75) is 6.04 Å². The Morgan fingerprint density at radius 3 is 2.28 bits per heavy atom. The Morgan fingerprint density at radius 2 is 1.78 bits per heavy atom. The summed E-state index contributed by atoms with van der Waals surface area (Å²) in [4.78, 5) is 16.1. The maximum absolute atomic E-state index is 11.7. The van der Waals surface area contributed by atoms with Crippen molar-refractivity contribution in [1.82, 2.24) is 9.80 Å². The number of hydrogen-bond acceptors (Lipinski definition) is 3. The van der Waals surface area contributed by atoms with Crippen LogP contribution >= 0.6 is 11.6 Å². The van der Waals surface area contributed by atoms with Crippen LogP contribution < -0.4 is 5.73 Å². The Bertz CT molecular complexity index is 413. The Hall–Kier alpha value is -1.10. The molecule has 0 bridgehead atoms. The number of piperazine rings is 1. The van der Waals surface area contributed by atoms with Crippen LogP contribution in [0.25, 0.3) is 0 Å². The topological polar surface area (TPSA) is 49.6 Å². The predicted molar refractivity (Wildman–Crippen MR) is 72.5 cm³/mol. The molecule has 1 unspecified atom stereocenters. The van der Waals surface area contributed by atoms with E-state index < -0.39 is 0 Å². The molecule has 2 N–H and O–H groups in total. The van der Waals surface area contributed by atoms with Crippen LogP contribution in [0.2, 0.25) is 5.02 Å². The van der Waals surface area contributed by atoms with Gasteiger partial charge in [-0.15, -0.1) is 0 Å². The van der Waals surface area contributed by atoms with E-state index in [1.165, 1.54) is 0 Å². The number of hydrogen-bond donors (Lipinski definition) is 1. The molecule has 1 aliphatic heterocycles. The van der Waals surface area contributed by atoms with Gasteiger partial charge < -0.3 is 10.6 Å². The molecular formula is C13H18ClN3O. The maximum Gasteiger partial charge on any atom is 0.239 e. The molecule has 1 fully saturated rings. The highest BCUT2D eigenvalue weighted by atomic mass is 35.5. The number of primary amides is 1. The fourth-order valence-corrected chi connectivity index (χ4v) is 2.41. The second-order valence-electron chi connectivity index (χ2n) is 4.70. The summed E-state index contributed by atoms with van der Waals surface area (Å²) >= 11 is 5.86. The second-order valence-corrected chi connectivity index (χ2v) is 5.13. The molecule has 98 valence electrons. The van der Waals surface area contributed by atoms with Gasteiger partial charge in [0.15, 0.2) is 0 Å². The standard InChI is InChI=1S/C13H18ClN3O/c1-16-6-8-17(9-7-16)12(13(15)18)10-2-4-11(14)5-3-10/h2-5,12H,6-9H2,1H3,(H2,15,18). The average molecular weight is 268 g/mol. The van der Waals surface area contributed by atoms with Gasteiger partial charge in [0.25, 0.3) is 0 Å².